The van der Waals surface area contributed by atoms with Gasteiger partial charge in [0.05, 0.1) is 0 Å². The Labute approximate surface area is 166 Å². The van der Waals surface area contributed by atoms with Gasteiger partial charge in [0, 0.05) is 24.8 Å². The maximum atomic E-state index is 12.6. The zero-order valence-electron chi connectivity index (χ0n) is 16.8. The molecule has 1 aromatic heterocycles. The van der Waals surface area contributed by atoms with Crippen LogP contribution in [0.2, 0.25) is 0 Å². The number of aromatic amines is 1. The number of carbonyl (C=O) groups is 1. The third kappa shape index (κ3) is 6.02. The minimum absolute atomic E-state index is 0.0895. The molecule has 6 nitrogen and oxygen atoms in total. The van der Waals surface area contributed by atoms with Crippen LogP contribution < -0.4 is 11.0 Å². The lowest BCUT2D eigenvalue weighted by Crippen LogP contribution is -2.48. The minimum atomic E-state index is -0.462. The molecule has 0 bridgehead atoms. The van der Waals surface area contributed by atoms with E-state index in [1.165, 1.54) is 5.56 Å². The van der Waals surface area contributed by atoms with Crippen LogP contribution in [0.1, 0.15) is 48.4 Å². The topological polar surface area (TPSA) is 78.1 Å². The lowest BCUT2D eigenvalue weighted by molar-refractivity contribution is 0.0898. The van der Waals surface area contributed by atoms with Gasteiger partial charge in [-0.3, -0.25) is 4.79 Å². The van der Waals surface area contributed by atoms with Crippen LogP contribution in [0.5, 0.6) is 0 Å². The van der Waals surface area contributed by atoms with E-state index in [1.54, 1.807) is 6.07 Å². The average Bonchev–Trinajstić information content (AvgIpc) is 2.66. The number of rotatable bonds is 7. The van der Waals surface area contributed by atoms with E-state index in [-0.39, 0.29) is 17.6 Å². The normalized spacial score (nSPS) is 17.6. The van der Waals surface area contributed by atoms with Crippen molar-refractivity contribution in [2.24, 2.45) is 5.92 Å². The first-order valence-electron chi connectivity index (χ1n) is 10.2. The number of piperidine rings is 1. The molecule has 3 rings (SSSR count). The van der Waals surface area contributed by atoms with Gasteiger partial charge in [-0.25, -0.2) is 4.79 Å². The summed E-state index contributed by atoms with van der Waals surface area (Å²) in [6.07, 6.45) is 3.74. The van der Waals surface area contributed by atoms with Crippen molar-refractivity contribution in [1.82, 2.24) is 20.2 Å². The fraction of sp³-hybridized carbons (Fsp3) is 0.500. The summed E-state index contributed by atoms with van der Waals surface area (Å²) in [4.78, 5) is 33.4. The molecule has 0 aliphatic carbocycles. The molecule has 0 saturated carbocycles. The van der Waals surface area contributed by atoms with E-state index < -0.39 is 5.69 Å². The van der Waals surface area contributed by atoms with Gasteiger partial charge in [0.25, 0.3) is 5.91 Å². The van der Waals surface area contributed by atoms with Gasteiger partial charge in [0.2, 0.25) is 0 Å². The summed E-state index contributed by atoms with van der Waals surface area (Å²) in [5.74, 6) is 0.136. The molecule has 0 spiro atoms. The summed E-state index contributed by atoms with van der Waals surface area (Å²) >= 11 is 0. The van der Waals surface area contributed by atoms with Gasteiger partial charge in [-0.2, -0.15) is 4.98 Å². The SMILES string of the molecule is CC(C)Cc1cc(C(=O)NC2CCCN(CCc3ccccc3)C2)nc(=O)[nH]1. The molecule has 2 heterocycles. The molecular formula is C22H30N4O2. The second-order valence-corrected chi connectivity index (χ2v) is 8.04. The van der Waals surface area contributed by atoms with E-state index in [9.17, 15) is 9.59 Å². The first-order valence-corrected chi connectivity index (χ1v) is 10.2. The number of nitrogens with one attached hydrogen (secondary N) is 2. The Balaban J connectivity index is 1.56. The lowest BCUT2D eigenvalue weighted by atomic mass is 10.0. The Morgan fingerprint density at radius 1 is 1.32 bits per heavy atom. The summed E-state index contributed by atoms with van der Waals surface area (Å²) in [6.45, 7) is 7.02. The number of hydrogen-bond acceptors (Lipinski definition) is 4. The number of likely N-dealkylation sites (tertiary alicyclic amines) is 1. The average molecular weight is 383 g/mol. The van der Waals surface area contributed by atoms with Gasteiger partial charge in [-0.1, -0.05) is 44.2 Å². The van der Waals surface area contributed by atoms with Crippen molar-refractivity contribution in [2.45, 2.75) is 45.6 Å². The van der Waals surface area contributed by atoms with Crippen molar-refractivity contribution in [3.05, 3.63) is 63.8 Å². The molecule has 2 aromatic rings. The maximum absolute atomic E-state index is 12.6. The summed E-state index contributed by atoms with van der Waals surface area (Å²) in [7, 11) is 0. The molecule has 2 N–H and O–H groups in total. The molecule has 1 saturated heterocycles. The summed E-state index contributed by atoms with van der Waals surface area (Å²) < 4.78 is 0. The third-order valence-electron chi connectivity index (χ3n) is 5.06. The first-order chi connectivity index (χ1) is 13.5. The molecule has 6 heteroatoms. The summed E-state index contributed by atoms with van der Waals surface area (Å²) in [5.41, 5.74) is 1.84. The largest absolute Gasteiger partial charge is 0.347 e. The van der Waals surface area contributed by atoms with Crippen LogP contribution in [-0.2, 0) is 12.8 Å². The molecule has 1 unspecified atom stereocenters. The van der Waals surface area contributed by atoms with Gasteiger partial charge >= 0.3 is 5.69 Å². The zero-order valence-corrected chi connectivity index (χ0v) is 16.8. The molecule has 1 amide bonds. The Hall–Kier alpha value is -2.47. The van der Waals surface area contributed by atoms with Crippen molar-refractivity contribution < 1.29 is 4.79 Å². The van der Waals surface area contributed by atoms with E-state index in [1.807, 2.05) is 6.07 Å². The van der Waals surface area contributed by atoms with E-state index >= 15 is 0 Å². The lowest BCUT2D eigenvalue weighted by Gasteiger charge is -2.33. The first kappa shape index (κ1) is 20.3. The van der Waals surface area contributed by atoms with Crippen molar-refractivity contribution >= 4 is 5.91 Å². The second kappa shape index (κ2) is 9.64. The molecular weight excluding hydrogens is 352 g/mol. The predicted molar refractivity (Wildman–Crippen MR) is 110 cm³/mol. The highest BCUT2D eigenvalue weighted by atomic mass is 16.2. The second-order valence-electron chi connectivity index (χ2n) is 8.04. The van der Waals surface area contributed by atoms with Gasteiger partial charge in [0.15, 0.2) is 0 Å². The van der Waals surface area contributed by atoms with E-state index in [0.29, 0.717) is 12.3 Å². The molecule has 1 aliphatic heterocycles. The van der Waals surface area contributed by atoms with Crippen LogP contribution in [-0.4, -0.2) is 46.5 Å². The Morgan fingerprint density at radius 2 is 2.11 bits per heavy atom. The molecule has 150 valence electrons. The fourth-order valence-electron chi connectivity index (χ4n) is 3.74. The maximum Gasteiger partial charge on any atom is 0.345 e. The monoisotopic (exact) mass is 382 g/mol. The van der Waals surface area contributed by atoms with E-state index in [2.05, 4.69) is 58.3 Å². The van der Waals surface area contributed by atoms with Crippen LogP contribution in [0.25, 0.3) is 0 Å². The van der Waals surface area contributed by atoms with Crippen LogP contribution in [0.4, 0.5) is 0 Å². The number of H-pyrrole nitrogens is 1. The number of carbonyl (C=O) groups excluding carboxylic acids is 1. The highest BCUT2D eigenvalue weighted by Crippen LogP contribution is 2.12. The van der Waals surface area contributed by atoms with Crippen molar-refractivity contribution in [1.29, 1.82) is 0 Å². The molecule has 1 aliphatic rings. The van der Waals surface area contributed by atoms with Crippen molar-refractivity contribution in [3.8, 4) is 0 Å². The molecule has 28 heavy (non-hydrogen) atoms. The van der Waals surface area contributed by atoms with Crippen molar-refractivity contribution in [2.75, 3.05) is 19.6 Å². The number of hydrogen-bond donors (Lipinski definition) is 2. The van der Waals surface area contributed by atoms with Crippen molar-refractivity contribution in [3.63, 3.8) is 0 Å². The smallest absolute Gasteiger partial charge is 0.345 e. The molecule has 1 fully saturated rings. The number of nitrogens with zero attached hydrogens (tertiary/aromatic N) is 2. The molecule has 1 aromatic carbocycles. The van der Waals surface area contributed by atoms with Gasteiger partial charge in [-0.15, -0.1) is 0 Å². The number of benzene rings is 1. The zero-order chi connectivity index (χ0) is 19.9. The highest BCUT2D eigenvalue weighted by Gasteiger charge is 2.22. The van der Waals surface area contributed by atoms with Crippen LogP contribution in [0.3, 0.4) is 0 Å². The summed E-state index contributed by atoms with van der Waals surface area (Å²) in [5, 5.41) is 3.08. The van der Waals surface area contributed by atoms with Gasteiger partial charge in [0.1, 0.15) is 5.69 Å². The van der Waals surface area contributed by atoms with E-state index in [4.69, 9.17) is 0 Å². The number of aromatic nitrogens is 2. The standard InChI is InChI=1S/C22H30N4O2/c1-16(2)13-19-14-20(25-22(28)24-19)21(27)23-18-9-6-11-26(15-18)12-10-17-7-4-3-5-8-17/h3-5,7-8,14,16,18H,6,9-13,15H2,1-2H3,(H,23,27)(H,24,25,28). The third-order valence-corrected chi connectivity index (χ3v) is 5.06. The van der Waals surface area contributed by atoms with Gasteiger partial charge in [-0.05, 0) is 49.8 Å². The van der Waals surface area contributed by atoms with Gasteiger partial charge < -0.3 is 15.2 Å². The minimum Gasteiger partial charge on any atom is -0.347 e. The Kier molecular flexibility index (Phi) is 6.98. The Morgan fingerprint density at radius 3 is 2.86 bits per heavy atom. The number of amides is 1. The highest BCUT2D eigenvalue weighted by molar-refractivity contribution is 5.92. The molecule has 1 atom stereocenters. The predicted octanol–water partition coefficient (Wildman–Crippen LogP) is 2.41. The van der Waals surface area contributed by atoms with Crippen LogP contribution in [0, 0.1) is 5.92 Å². The summed E-state index contributed by atoms with van der Waals surface area (Å²) in [6, 6.07) is 12.3. The quantitative estimate of drug-likeness (QED) is 0.771. The Bertz CT molecular complexity index is 832. The molecule has 0 radical (unpaired) electrons. The van der Waals surface area contributed by atoms with Crippen LogP contribution >= 0.6 is 0 Å². The fourth-order valence-corrected chi connectivity index (χ4v) is 3.74. The van der Waals surface area contributed by atoms with Crippen LogP contribution in [0.15, 0.2) is 41.2 Å². The van der Waals surface area contributed by atoms with E-state index in [0.717, 1.165) is 44.6 Å².